The Bertz CT molecular complexity index is 1210. The van der Waals surface area contributed by atoms with Crippen molar-refractivity contribution in [1.82, 2.24) is 4.98 Å². The lowest BCUT2D eigenvalue weighted by Gasteiger charge is -2.22. The number of hydrogen-bond donors (Lipinski definition) is 0. The van der Waals surface area contributed by atoms with Crippen LogP contribution in [-0.4, -0.2) is 17.6 Å². The lowest BCUT2D eigenvalue weighted by Crippen LogP contribution is -2.15. The Morgan fingerprint density at radius 3 is 2.58 bits per heavy atom. The summed E-state index contributed by atoms with van der Waals surface area (Å²) in [5.41, 5.74) is 6.77. The van der Waals surface area contributed by atoms with E-state index in [1.165, 1.54) is 5.56 Å². The molecule has 2 aromatic carbocycles. The Kier molecular flexibility index (Phi) is 5.61. The second-order valence-corrected chi connectivity index (χ2v) is 8.96. The van der Waals surface area contributed by atoms with Gasteiger partial charge in [0.25, 0.3) is 0 Å². The number of benzene rings is 2. The number of nitriles is 1. The van der Waals surface area contributed by atoms with E-state index in [1.807, 2.05) is 30.3 Å². The van der Waals surface area contributed by atoms with Gasteiger partial charge in [-0.1, -0.05) is 63.2 Å². The summed E-state index contributed by atoms with van der Waals surface area (Å²) in [5.74, 6) is -0.452. The van der Waals surface area contributed by atoms with Gasteiger partial charge in [0.1, 0.15) is 6.07 Å². The van der Waals surface area contributed by atoms with Crippen LogP contribution in [0.1, 0.15) is 66.4 Å². The van der Waals surface area contributed by atoms with Gasteiger partial charge in [-0.3, -0.25) is 0 Å². The number of hydrogen-bond acceptors (Lipinski definition) is 4. The Labute approximate surface area is 183 Å². The quantitative estimate of drug-likeness (QED) is 0.490. The van der Waals surface area contributed by atoms with Gasteiger partial charge in [0.2, 0.25) is 0 Å². The number of esters is 1. The highest BCUT2D eigenvalue weighted by molar-refractivity contribution is 6.06. The monoisotopic (exact) mass is 410 g/mol. The first-order valence-corrected chi connectivity index (χ1v) is 10.7. The van der Waals surface area contributed by atoms with Crippen molar-refractivity contribution in [2.75, 3.05) is 6.61 Å². The zero-order valence-electron chi connectivity index (χ0n) is 18.2. The first-order valence-electron chi connectivity index (χ1n) is 10.7. The number of para-hydroxylation sites is 1. The third-order valence-electron chi connectivity index (χ3n) is 5.76. The average Bonchev–Trinajstić information content (AvgIpc) is 2.76. The maximum absolute atomic E-state index is 12.9. The van der Waals surface area contributed by atoms with E-state index in [0.29, 0.717) is 5.56 Å². The average molecular weight is 411 g/mol. The van der Waals surface area contributed by atoms with Crippen molar-refractivity contribution in [2.24, 2.45) is 0 Å². The predicted octanol–water partition coefficient (Wildman–Crippen LogP) is 6.09. The summed E-state index contributed by atoms with van der Waals surface area (Å²) >= 11 is 0. The van der Waals surface area contributed by atoms with Gasteiger partial charge in [-0.15, -0.1) is 0 Å². The molecule has 1 aliphatic carbocycles. The fraction of sp³-hybridized carbons (Fsp3) is 0.296. The lowest BCUT2D eigenvalue weighted by molar-refractivity contribution is 0.0556. The van der Waals surface area contributed by atoms with Crippen molar-refractivity contribution in [3.8, 4) is 6.07 Å². The summed E-state index contributed by atoms with van der Waals surface area (Å²) < 4.78 is 5.20. The fourth-order valence-corrected chi connectivity index (χ4v) is 4.16. The minimum absolute atomic E-state index is 0.113. The van der Waals surface area contributed by atoms with Crippen LogP contribution in [0.5, 0.6) is 0 Å². The Hall–Kier alpha value is -3.45. The van der Waals surface area contributed by atoms with Crippen LogP contribution < -0.4 is 0 Å². The Morgan fingerprint density at radius 1 is 1.13 bits per heavy atom. The highest BCUT2D eigenvalue weighted by Gasteiger charge is 2.26. The Morgan fingerprint density at radius 2 is 1.87 bits per heavy atom. The Balaban J connectivity index is 1.83. The molecule has 0 fully saturated rings. The van der Waals surface area contributed by atoms with Gasteiger partial charge in [-0.2, -0.15) is 5.26 Å². The van der Waals surface area contributed by atoms with Crippen molar-refractivity contribution < 1.29 is 9.53 Å². The molecule has 0 aliphatic heterocycles. The van der Waals surface area contributed by atoms with Gasteiger partial charge in [0.05, 0.1) is 16.8 Å². The molecule has 0 atom stereocenters. The van der Waals surface area contributed by atoms with E-state index >= 15 is 0 Å². The van der Waals surface area contributed by atoms with Gasteiger partial charge in [-0.05, 0) is 59.1 Å². The first-order chi connectivity index (χ1) is 14.9. The number of carbonyl (C=O) groups is 1. The van der Waals surface area contributed by atoms with E-state index in [2.05, 4.69) is 51.1 Å². The maximum atomic E-state index is 12.9. The molecule has 1 aliphatic rings. The van der Waals surface area contributed by atoms with Crippen LogP contribution >= 0.6 is 0 Å². The summed E-state index contributed by atoms with van der Waals surface area (Å²) in [4.78, 5) is 17.8. The predicted molar refractivity (Wildman–Crippen MR) is 124 cm³/mol. The van der Waals surface area contributed by atoms with Gasteiger partial charge in [0, 0.05) is 5.39 Å². The van der Waals surface area contributed by atoms with Crippen LogP contribution in [0.15, 0.2) is 48.5 Å². The normalized spacial score (nSPS) is 14.8. The number of fused-ring (bicyclic) bond motifs is 2. The number of rotatable bonds is 3. The van der Waals surface area contributed by atoms with E-state index in [0.717, 1.165) is 52.6 Å². The smallest absolute Gasteiger partial charge is 0.340 e. The molecule has 0 radical (unpaired) electrons. The molecule has 4 heteroatoms. The minimum atomic E-state index is -0.452. The molecule has 0 N–H and O–H groups in total. The summed E-state index contributed by atoms with van der Waals surface area (Å²) in [5, 5.41) is 9.62. The number of allylic oxidation sites excluding steroid dienone is 1. The third kappa shape index (κ3) is 4.22. The zero-order valence-corrected chi connectivity index (χ0v) is 18.2. The lowest BCUT2D eigenvalue weighted by atomic mass is 9.85. The third-order valence-corrected chi connectivity index (χ3v) is 5.76. The molecular weight excluding hydrogens is 384 g/mol. The molecule has 1 heterocycles. The van der Waals surface area contributed by atoms with Crippen LogP contribution in [-0.2, 0) is 16.6 Å². The molecule has 4 rings (SSSR count). The van der Waals surface area contributed by atoms with Crippen molar-refractivity contribution in [3.05, 3.63) is 76.5 Å². The summed E-state index contributed by atoms with van der Waals surface area (Å²) in [6.45, 7) is 6.37. The second kappa shape index (κ2) is 8.35. The maximum Gasteiger partial charge on any atom is 0.340 e. The zero-order chi connectivity index (χ0) is 22.0. The van der Waals surface area contributed by atoms with Crippen molar-refractivity contribution in [3.63, 3.8) is 0 Å². The van der Waals surface area contributed by atoms with Crippen LogP contribution in [0, 0.1) is 11.3 Å². The largest absolute Gasteiger partial charge is 0.447 e. The number of ether oxygens (including phenoxy) is 1. The van der Waals surface area contributed by atoms with Crippen LogP contribution in [0.2, 0.25) is 0 Å². The fourth-order valence-electron chi connectivity index (χ4n) is 4.16. The van der Waals surface area contributed by atoms with Crippen LogP contribution in [0.3, 0.4) is 0 Å². The highest BCUT2D eigenvalue weighted by atomic mass is 16.5. The molecule has 0 spiro atoms. The number of carbonyl (C=O) groups excluding carboxylic acids is 1. The molecule has 1 aromatic heterocycles. The van der Waals surface area contributed by atoms with E-state index < -0.39 is 5.97 Å². The van der Waals surface area contributed by atoms with Gasteiger partial charge >= 0.3 is 5.97 Å². The first kappa shape index (κ1) is 20.8. The standard InChI is InChI=1S/C27H26N2O2/c1-27(2,3)20-13-11-18(12-14-20)17-19-7-6-9-22-24(26(30)31-16-15-28)21-8-4-5-10-23(21)29-25(19)22/h4-5,8,10-14,17H,6-7,9,16H2,1-3H3/b19-17+. The molecule has 0 saturated carbocycles. The van der Waals surface area contributed by atoms with Gasteiger partial charge < -0.3 is 4.74 Å². The number of aromatic nitrogens is 1. The van der Waals surface area contributed by atoms with Crippen LogP contribution in [0.25, 0.3) is 22.6 Å². The molecule has 0 amide bonds. The topological polar surface area (TPSA) is 63.0 Å². The van der Waals surface area contributed by atoms with E-state index in [4.69, 9.17) is 15.0 Å². The van der Waals surface area contributed by atoms with Crippen molar-refractivity contribution >= 4 is 28.5 Å². The second-order valence-electron chi connectivity index (χ2n) is 8.96. The van der Waals surface area contributed by atoms with E-state index in [-0.39, 0.29) is 12.0 Å². The molecular formula is C27H26N2O2. The molecule has 0 bridgehead atoms. The number of nitrogens with zero attached hydrogens (tertiary/aromatic N) is 2. The van der Waals surface area contributed by atoms with Crippen LogP contribution in [0.4, 0.5) is 0 Å². The number of pyridine rings is 1. The molecule has 4 nitrogen and oxygen atoms in total. The SMILES string of the molecule is CC(C)(C)c1ccc(/C=C2\CCCc3c2nc2ccccc2c3C(=O)OCC#N)cc1. The van der Waals surface area contributed by atoms with E-state index in [1.54, 1.807) is 0 Å². The summed E-state index contributed by atoms with van der Waals surface area (Å²) in [7, 11) is 0. The summed E-state index contributed by atoms with van der Waals surface area (Å²) in [6.07, 6.45) is 4.80. The highest BCUT2D eigenvalue weighted by Crippen LogP contribution is 2.36. The van der Waals surface area contributed by atoms with E-state index in [9.17, 15) is 4.79 Å². The summed E-state index contributed by atoms with van der Waals surface area (Å²) in [6, 6.07) is 18.2. The molecule has 0 saturated heterocycles. The molecule has 3 aromatic rings. The molecule has 0 unspecified atom stereocenters. The minimum Gasteiger partial charge on any atom is -0.447 e. The van der Waals surface area contributed by atoms with Gasteiger partial charge in [0.15, 0.2) is 6.61 Å². The van der Waals surface area contributed by atoms with Gasteiger partial charge in [-0.25, -0.2) is 9.78 Å². The van der Waals surface area contributed by atoms with Crippen molar-refractivity contribution in [2.45, 2.75) is 45.4 Å². The molecule has 156 valence electrons. The molecule has 31 heavy (non-hydrogen) atoms. The van der Waals surface area contributed by atoms with Crippen molar-refractivity contribution in [1.29, 1.82) is 5.26 Å².